The summed E-state index contributed by atoms with van der Waals surface area (Å²) in [6, 6.07) is 13.9. The number of hydrogen-bond acceptors (Lipinski definition) is 3. The number of benzene rings is 2. The average Bonchev–Trinajstić information content (AvgIpc) is 3.15. The van der Waals surface area contributed by atoms with Crippen LogP contribution in [0.5, 0.6) is 0 Å². The van der Waals surface area contributed by atoms with E-state index in [4.69, 9.17) is 0 Å². The normalized spacial score (nSPS) is 12.8. The van der Waals surface area contributed by atoms with Crippen molar-refractivity contribution in [2.45, 2.75) is 18.6 Å². The van der Waals surface area contributed by atoms with E-state index in [0.717, 1.165) is 0 Å². The zero-order chi connectivity index (χ0) is 21.9. The molecule has 0 fully saturated rings. The smallest absolute Gasteiger partial charge is 0.394 e. The number of aromatic nitrogens is 2. The Bertz CT molecular complexity index is 1000. The maximum Gasteiger partial charge on any atom is 0.436 e. The van der Waals surface area contributed by atoms with Gasteiger partial charge in [0.15, 0.2) is 5.69 Å². The van der Waals surface area contributed by atoms with E-state index in [1.54, 1.807) is 24.3 Å². The van der Waals surface area contributed by atoms with Gasteiger partial charge in [-0.05, 0) is 17.7 Å². The van der Waals surface area contributed by atoms with Gasteiger partial charge in [0, 0.05) is 0 Å². The van der Waals surface area contributed by atoms with Gasteiger partial charge < -0.3 is 10.4 Å². The molecule has 0 saturated heterocycles. The minimum Gasteiger partial charge on any atom is -0.394 e. The van der Waals surface area contributed by atoms with Crippen LogP contribution in [0.3, 0.4) is 0 Å². The summed E-state index contributed by atoms with van der Waals surface area (Å²) in [6.07, 6.45) is -8.57. The summed E-state index contributed by atoms with van der Waals surface area (Å²) in [6.45, 7) is -0.645. The number of rotatable bonds is 6. The number of halogens is 5. The first-order chi connectivity index (χ1) is 14.2. The molecule has 30 heavy (non-hydrogen) atoms. The summed E-state index contributed by atoms with van der Waals surface area (Å²) in [4.78, 5) is 12.7. The number of para-hydroxylation sites is 1. The Morgan fingerprint density at radius 2 is 1.60 bits per heavy atom. The van der Waals surface area contributed by atoms with E-state index in [1.807, 2.05) is 0 Å². The van der Waals surface area contributed by atoms with Crippen LogP contribution in [0.25, 0.3) is 5.69 Å². The number of aliphatic hydroxyl groups excluding tert-OH is 1. The summed E-state index contributed by atoms with van der Waals surface area (Å²) >= 11 is 0. The highest BCUT2D eigenvalue weighted by atomic mass is 19.4. The second-order valence-corrected chi connectivity index (χ2v) is 6.27. The highest BCUT2D eigenvalue weighted by Crippen LogP contribution is 2.37. The van der Waals surface area contributed by atoms with E-state index in [-0.39, 0.29) is 5.69 Å². The first-order valence-corrected chi connectivity index (χ1v) is 8.74. The quantitative estimate of drug-likeness (QED) is 0.579. The third-order valence-corrected chi connectivity index (χ3v) is 4.31. The molecule has 0 aliphatic rings. The molecule has 0 aliphatic heterocycles. The summed E-state index contributed by atoms with van der Waals surface area (Å²) < 4.78 is 68.8. The Kier molecular flexibility index (Phi) is 6.16. The molecule has 0 spiro atoms. The van der Waals surface area contributed by atoms with Crippen LogP contribution in [0.2, 0.25) is 0 Å². The van der Waals surface area contributed by atoms with Crippen molar-refractivity contribution in [2.75, 3.05) is 6.61 Å². The molecule has 1 heterocycles. The minimum atomic E-state index is -5.15. The maximum absolute atomic E-state index is 13.8. The lowest BCUT2D eigenvalue weighted by Crippen LogP contribution is -2.32. The van der Waals surface area contributed by atoms with E-state index < -0.39 is 48.1 Å². The van der Waals surface area contributed by atoms with E-state index in [2.05, 4.69) is 10.4 Å². The minimum absolute atomic E-state index is 0.0564. The van der Waals surface area contributed by atoms with Crippen molar-refractivity contribution in [3.63, 3.8) is 0 Å². The molecule has 158 valence electrons. The number of nitrogens with zero attached hydrogens (tertiary/aromatic N) is 2. The van der Waals surface area contributed by atoms with Gasteiger partial charge in [-0.2, -0.15) is 18.3 Å². The Morgan fingerprint density at radius 3 is 2.10 bits per heavy atom. The van der Waals surface area contributed by atoms with Crippen molar-refractivity contribution in [1.29, 1.82) is 0 Å². The van der Waals surface area contributed by atoms with Gasteiger partial charge in [-0.25, -0.2) is 13.5 Å². The van der Waals surface area contributed by atoms with Crippen LogP contribution in [0.4, 0.5) is 22.0 Å². The van der Waals surface area contributed by atoms with Crippen LogP contribution in [0.1, 0.15) is 39.8 Å². The molecule has 1 aromatic heterocycles. The lowest BCUT2D eigenvalue weighted by Gasteiger charge is -2.18. The molecule has 0 saturated carbocycles. The third-order valence-electron chi connectivity index (χ3n) is 4.31. The van der Waals surface area contributed by atoms with Gasteiger partial charge in [0.05, 0.1) is 23.9 Å². The number of carbonyl (C=O) groups excluding carboxylic acids is 1. The standard InChI is InChI=1S/C20H16F5N3O2/c21-18(22)16-15(19(30)26-14(11-29)12-7-3-1-4-8-12)17(20(23,24)25)27-28(16)13-9-5-2-6-10-13/h1-10,14,18,29H,11H2,(H,26,30)/t14-/m1/s1. The van der Waals surface area contributed by atoms with Crippen molar-refractivity contribution < 1.29 is 31.9 Å². The SMILES string of the molecule is O=C(N[C@H](CO)c1ccccc1)c1c(C(F)(F)F)nn(-c2ccccc2)c1C(F)F. The number of carbonyl (C=O) groups is 1. The van der Waals surface area contributed by atoms with Crippen LogP contribution in [0, 0.1) is 0 Å². The highest BCUT2D eigenvalue weighted by Gasteiger charge is 2.43. The molecule has 2 N–H and O–H groups in total. The molecular weight excluding hydrogens is 409 g/mol. The predicted octanol–water partition coefficient (Wildman–Crippen LogP) is 4.29. The molecule has 1 amide bonds. The molecule has 5 nitrogen and oxygen atoms in total. The van der Waals surface area contributed by atoms with Gasteiger partial charge >= 0.3 is 6.18 Å². The van der Waals surface area contributed by atoms with Gasteiger partial charge in [-0.1, -0.05) is 48.5 Å². The van der Waals surface area contributed by atoms with Crippen molar-refractivity contribution in [3.8, 4) is 5.69 Å². The number of nitrogens with one attached hydrogen (secondary N) is 1. The van der Waals surface area contributed by atoms with E-state index >= 15 is 0 Å². The fourth-order valence-electron chi connectivity index (χ4n) is 2.97. The molecular formula is C20H16F5N3O2. The first-order valence-electron chi connectivity index (χ1n) is 8.74. The summed E-state index contributed by atoms with van der Waals surface area (Å²) in [5.74, 6) is -1.41. The molecule has 1 atom stereocenters. The highest BCUT2D eigenvalue weighted by molar-refractivity contribution is 5.97. The maximum atomic E-state index is 13.8. The second kappa shape index (κ2) is 8.62. The van der Waals surface area contributed by atoms with Crippen LogP contribution in [0.15, 0.2) is 60.7 Å². The Morgan fingerprint density at radius 1 is 1.03 bits per heavy atom. The van der Waals surface area contributed by atoms with E-state index in [1.165, 1.54) is 36.4 Å². The second-order valence-electron chi connectivity index (χ2n) is 6.27. The van der Waals surface area contributed by atoms with Crippen molar-refractivity contribution >= 4 is 5.91 Å². The van der Waals surface area contributed by atoms with Gasteiger partial charge in [0.1, 0.15) is 5.69 Å². The topological polar surface area (TPSA) is 67.2 Å². The summed E-state index contributed by atoms with van der Waals surface area (Å²) in [7, 11) is 0. The Labute approximate surface area is 167 Å². The van der Waals surface area contributed by atoms with Gasteiger partial charge in [-0.15, -0.1) is 0 Å². The molecule has 0 radical (unpaired) electrons. The van der Waals surface area contributed by atoms with E-state index in [9.17, 15) is 31.9 Å². The monoisotopic (exact) mass is 425 g/mol. The number of alkyl halides is 5. The number of amides is 1. The zero-order valence-electron chi connectivity index (χ0n) is 15.3. The molecule has 0 aliphatic carbocycles. The molecule has 10 heteroatoms. The largest absolute Gasteiger partial charge is 0.436 e. The average molecular weight is 425 g/mol. The van der Waals surface area contributed by atoms with Crippen molar-refractivity contribution in [3.05, 3.63) is 83.2 Å². The molecule has 0 unspecified atom stereocenters. The third kappa shape index (κ3) is 4.33. The first kappa shape index (κ1) is 21.4. The van der Waals surface area contributed by atoms with Gasteiger partial charge in [-0.3, -0.25) is 4.79 Å². The van der Waals surface area contributed by atoms with Crippen LogP contribution in [-0.2, 0) is 6.18 Å². The molecule has 3 aromatic rings. The van der Waals surface area contributed by atoms with Crippen LogP contribution in [-0.4, -0.2) is 27.4 Å². The molecule has 2 aromatic carbocycles. The van der Waals surface area contributed by atoms with Gasteiger partial charge in [0.2, 0.25) is 0 Å². The molecule has 3 rings (SSSR count). The zero-order valence-corrected chi connectivity index (χ0v) is 15.3. The summed E-state index contributed by atoms with van der Waals surface area (Å²) in [5.41, 5.74) is -3.86. The predicted molar refractivity (Wildman–Crippen MR) is 97.3 cm³/mol. The van der Waals surface area contributed by atoms with Gasteiger partial charge in [0.25, 0.3) is 12.3 Å². The Balaban J connectivity index is 2.12. The van der Waals surface area contributed by atoms with Crippen molar-refractivity contribution in [2.24, 2.45) is 0 Å². The Hall–Kier alpha value is -3.27. The van der Waals surface area contributed by atoms with Crippen LogP contribution < -0.4 is 5.32 Å². The molecule has 0 bridgehead atoms. The van der Waals surface area contributed by atoms with Crippen LogP contribution >= 0.6 is 0 Å². The number of aliphatic hydroxyl groups is 1. The van der Waals surface area contributed by atoms with Crippen molar-refractivity contribution in [1.82, 2.24) is 15.1 Å². The van der Waals surface area contributed by atoms with E-state index in [0.29, 0.717) is 10.2 Å². The fraction of sp³-hybridized carbons (Fsp3) is 0.200. The summed E-state index contributed by atoms with van der Waals surface area (Å²) in [5, 5.41) is 15.0. The fourth-order valence-corrected chi connectivity index (χ4v) is 2.97. The lowest BCUT2D eigenvalue weighted by atomic mass is 10.1. The lowest BCUT2D eigenvalue weighted by molar-refractivity contribution is -0.141. The number of hydrogen-bond donors (Lipinski definition) is 2.